The summed E-state index contributed by atoms with van der Waals surface area (Å²) in [6.07, 6.45) is 2.95. The van der Waals surface area contributed by atoms with Crippen LogP contribution in [0, 0.1) is 0 Å². The van der Waals surface area contributed by atoms with Crippen molar-refractivity contribution in [1.29, 1.82) is 0 Å². The summed E-state index contributed by atoms with van der Waals surface area (Å²) in [6, 6.07) is 14.8. The highest BCUT2D eigenvalue weighted by Crippen LogP contribution is 2.22. The number of hydrogen-bond acceptors (Lipinski definition) is 7. The van der Waals surface area contributed by atoms with E-state index in [4.69, 9.17) is 0 Å². The third kappa shape index (κ3) is 4.01. The molecule has 1 amide bonds. The largest absolute Gasteiger partial charge is 0.322 e. The van der Waals surface area contributed by atoms with Crippen molar-refractivity contribution in [1.82, 2.24) is 35.4 Å². The lowest BCUT2D eigenvalue weighted by atomic mass is 10.1. The molecule has 0 aliphatic carbocycles. The van der Waals surface area contributed by atoms with Crippen LogP contribution in [0.15, 0.2) is 66.3 Å². The van der Waals surface area contributed by atoms with E-state index in [1.165, 1.54) is 29.1 Å². The number of aromatic nitrogens is 7. The van der Waals surface area contributed by atoms with E-state index in [-0.39, 0.29) is 5.91 Å². The molecule has 0 bridgehead atoms. The fourth-order valence-corrected chi connectivity index (χ4v) is 3.26. The molecule has 0 unspecified atom stereocenters. The van der Waals surface area contributed by atoms with Crippen LogP contribution in [0.2, 0.25) is 0 Å². The van der Waals surface area contributed by atoms with Gasteiger partial charge >= 0.3 is 0 Å². The minimum atomic E-state index is -0.183. The maximum atomic E-state index is 12.8. The number of benzene rings is 2. The summed E-state index contributed by atoms with van der Waals surface area (Å²) in [5, 5.41) is 21.4. The normalized spacial score (nSPS) is 10.7. The Balaban J connectivity index is 1.51. The molecule has 0 fully saturated rings. The molecule has 2 heterocycles. The topological polar surface area (TPSA) is 114 Å². The number of rotatable bonds is 6. The predicted octanol–water partition coefficient (Wildman–Crippen LogP) is 2.32. The molecular formula is C17H14N8OS. The van der Waals surface area contributed by atoms with Gasteiger partial charge in [-0.25, -0.2) is 9.67 Å². The van der Waals surface area contributed by atoms with Gasteiger partial charge in [-0.3, -0.25) is 9.89 Å². The minimum Gasteiger partial charge on any atom is -0.322 e. The number of carbonyl (C=O) groups excluding carboxylic acids is 1. The van der Waals surface area contributed by atoms with Gasteiger partial charge in [-0.15, -0.1) is 5.10 Å². The van der Waals surface area contributed by atoms with Crippen LogP contribution in [-0.2, 0) is 5.75 Å². The molecule has 0 radical (unpaired) electrons. The standard InChI is InChI=1S/C17H14N8OS/c26-16(21-13-5-3-6-14(8-13)25-11-20-23-24-25)15-7-2-1-4-12(15)9-27-17-18-10-19-22-17/h1-8,10-11H,9H2,(H,21,26)(H,18,19,22). The lowest BCUT2D eigenvalue weighted by Gasteiger charge is -2.10. The van der Waals surface area contributed by atoms with E-state index in [1.807, 2.05) is 36.4 Å². The molecule has 10 heteroatoms. The van der Waals surface area contributed by atoms with E-state index < -0.39 is 0 Å². The van der Waals surface area contributed by atoms with Crippen LogP contribution in [0.5, 0.6) is 0 Å². The van der Waals surface area contributed by atoms with Gasteiger partial charge in [0, 0.05) is 17.0 Å². The van der Waals surface area contributed by atoms with Crippen molar-refractivity contribution in [2.75, 3.05) is 5.32 Å². The van der Waals surface area contributed by atoms with Gasteiger partial charge in [0.25, 0.3) is 5.91 Å². The second kappa shape index (κ2) is 7.79. The van der Waals surface area contributed by atoms with Crippen LogP contribution in [0.1, 0.15) is 15.9 Å². The summed E-state index contributed by atoms with van der Waals surface area (Å²) < 4.78 is 1.53. The Labute approximate surface area is 158 Å². The molecule has 2 N–H and O–H groups in total. The van der Waals surface area contributed by atoms with E-state index in [0.29, 0.717) is 22.2 Å². The van der Waals surface area contributed by atoms with Crippen LogP contribution >= 0.6 is 11.8 Å². The molecule has 0 aliphatic heterocycles. The van der Waals surface area contributed by atoms with Crippen molar-refractivity contribution in [2.24, 2.45) is 0 Å². The van der Waals surface area contributed by atoms with Gasteiger partial charge in [0.05, 0.1) is 5.69 Å². The Kier molecular flexibility index (Phi) is 4.88. The molecule has 0 atom stereocenters. The zero-order chi connectivity index (χ0) is 18.5. The van der Waals surface area contributed by atoms with E-state index in [2.05, 4.69) is 36.0 Å². The summed E-state index contributed by atoms with van der Waals surface area (Å²) >= 11 is 1.48. The second-order valence-corrected chi connectivity index (χ2v) is 6.46. The van der Waals surface area contributed by atoms with Crippen LogP contribution in [0.25, 0.3) is 5.69 Å². The van der Waals surface area contributed by atoms with Crippen molar-refractivity contribution in [2.45, 2.75) is 10.9 Å². The van der Waals surface area contributed by atoms with E-state index in [1.54, 1.807) is 12.1 Å². The summed E-state index contributed by atoms with van der Waals surface area (Å²) in [5.74, 6) is 0.418. The number of anilines is 1. The van der Waals surface area contributed by atoms with Crippen LogP contribution in [-0.4, -0.2) is 41.3 Å². The summed E-state index contributed by atoms with van der Waals surface area (Å²) in [5.41, 5.74) is 2.93. The van der Waals surface area contributed by atoms with Crippen molar-refractivity contribution < 1.29 is 4.79 Å². The van der Waals surface area contributed by atoms with Crippen LogP contribution < -0.4 is 5.32 Å². The fourth-order valence-electron chi connectivity index (χ4n) is 2.48. The van der Waals surface area contributed by atoms with Crippen molar-refractivity contribution in [3.63, 3.8) is 0 Å². The zero-order valence-electron chi connectivity index (χ0n) is 14.0. The number of hydrogen-bond donors (Lipinski definition) is 2. The molecule has 0 saturated carbocycles. The number of amides is 1. The first-order valence-corrected chi connectivity index (χ1v) is 8.99. The third-order valence-corrected chi connectivity index (χ3v) is 4.66. The van der Waals surface area contributed by atoms with E-state index in [0.717, 1.165) is 11.3 Å². The number of aromatic amines is 1. The average Bonchev–Trinajstić information content (AvgIpc) is 3.41. The maximum absolute atomic E-state index is 12.8. The molecule has 0 saturated heterocycles. The van der Waals surface area contributed by atoms with Crippen LogP contribution in [0.3, 0.4) is 0 Å². The Hall–Kier alpha value is -3.53. The molecule has 0 aliphatic rings. The maximum Gasteiger partial charge on any atom is 0.255 e. The molecule has 2 aromatic carbocycles. The molecule has 4 rings (SSSR count). The summed E-state index contributed by atoms with van der Waals surface area (Å²) in [4.78, 5) is 16.9. The Morgan fingerprint density at radius 1 is 1.19 bits per heavy atom. The number of thioether (sulfide) groups is 1. The second-order valence-electron chi connectivity index (χ2n) is 5.50. The first kappa shape index (κ1) is 16.9. The lowest BCUT2D eigenvalue weighted by Crippen LogP contribution is -2.14. The van der Waals surface area contributed by atoms with Crippen molar-refractivity contribution >= 4 is 23.4 Å². The van der Waals surface area contributed by atoms with Gasteiger partial charge in [-0.05, 0) is 40.3 Å². The molecule has 27 heavy (non-hydrogen) atoms. The molecular weight excluding hydrogens is 364 g/mol. The highest BCUT2D eigenvalue weighted by Gasteiger charge is 2.12. The lowest BCUT2D eigenvalue weighted by molar-refractivity contribution is 0.102. The van der Waals surface area contributed by atoms with Crippen molar-refractivity contribution in [3.8, 4) is 5.69 Å². The van der Waals surface area contributed by atoms with Gasteiger partial charge in [0.2, 0.25) is 0 Å². The monoisotopic (exact) mass is 378 g/mol. The Morgan fingerprint density at radius 2 is 2.11 bits per heavy atom. The van der Waals surface area contributed by atoms with E-state index >= 15 is 0 Å². The fraction of sp³-hybridized carbons (Fsp3) is 0.0588. The molecule has 2 aromatic heterocycles. The highest BCUT2D eigenvalue weighted by molar-refractivity contribution is 7.98. The number of H-pyrrole nitrogens is 1. The molecule has 134 valence electrons. The smallest absolute Gasteiger partial charge is 0.255 e. The summed E-state index contributed by atoms with van der Waals surface area (Å²) in [6.45, 7) is 0. The average molecular weight is 378 g/mol. The zero-order valence-corrected chi connectivity index (χ0v) is 14.8. The quantitative estimate of drug-likeness (QED) is 0.495. The minimum absolute atomic E-state index is 0.183. The van der Waals surface area contributed by atoms with E-state index in [9.17, 15) is 4.79 Å². The number of nitrogens with zero attached hydrogens (tertiary/aromatic N) is 6. The molecule has 9 nitrogen and oxygen atoms in total. The van der Waals surface area contributed by atoms with Crippen LogP contribution in [0.4, 0.5) is 5.69 Å². The SMILES string of the molecule is O=C(Nc1cccc(-n2cnnn2)c1)c1ccccc1CSc1ncn[nH]1. The van der Waals surface area contributed by atoms with Gasteiger partial charge < -0.3 is 5.32 Å². The molecule has 4 aromatic rings. The molecule has 0 spiro atoms. The third-order valence-electron chi connectivity index (χ3n) is 3.74. The first-order valence-electron chi connectivity index (χ1n) is 8.00. The Bertz CT molecular complexity index is 1030. The first-order chi connectivity index (χ1) is 13.3. The van der Waals surface area contributed by atoms with Gasteiger partial charge in [0.15, 0.2) is 5.16 Å². The highest BCUT2D eigenvalue weighted by atomic mass is 32.2. The Morgan fingerprint density at radius 3 is 2.93 bits per heavy atom. The van der Waals surface area contributed by atoms with Gasteiger partial charge in [-0.2, -0.15) is 5.10 Å². The van der Waals surface area contributed by atoms with Gasteiger partial charge in [-0.1, -0.05) is 36.0 Å². The van der Waals surface area contributed by atoms with Crippen molar-refractivity contribution in [3.05, 3.63) is 72.3 Å². The number of carbonyl (C=O) groups is 1. The number of tetrazole rings is 1. The van der Waals surface area contributed by atoms with Gasteiger partial charge in [0.1, 0.15) is 12.7 Å². The predicted molar refractivity (Wildman–Crippen MR) is 99.5 cm³/mol. The summed E-state index contributed by atoms with van der Waals surface area (Å²) in [7, 11) is 0. The number of nitrogens with one attached hydrogen (secondary N) is 2.